The highest BCUT2D eigenvalue weighted by molar-refractivity contribution is 9.10. The van der Waals surface area contributed by atoms with Gasteiger partial charge in [0.1, 0.15) is 5.75 Å². The molecule has 2 aromatic rings. The van der Waals surface area contributed by atoms with E-state index in [1.54, 1.807) is 24.3 Å². The quantitative estimate of drug-likeness (QED) is 0.419. The van der Waals surface area contributed by atoms with Crippen molar-refractivity contribution in [1.82, 2.24) is 10.6 Å². The van der Waals surface area contributed by atoms with Crippen LogP contribution in [0.1, 0.15) is 48.0 Å². The highest BCUT2D eigenvalue weighted by atomic mass is 79.9. The number of amides is 3. The SMILES string of the molecule is NC(=O)c1ccc(OCCC2CCN(c3cccc(Br)c3CNC3CCC(=O)NC3=O)CC2)cc1. The first-order valence-electron chi connectivity index (χ1n) is 12.0. The zero-order valence-electron chi connectivity index (χ0n) is 19.6. The lowest BCUT2D eigenvalue weighted by atomic mass is 9.93. The summed E-state index contributed by atoms with van der Waals surface area (Å²) in [4.78, 5) is 37.1. The van der Waals surface area contributed by atoms with E-state index in [0.29, 0.717) is 37.5 Å². The molecule has 4 rings (SSSR count). The Labute approximate surface area is 213 Å². The van der Waals surface area contributed by atoms with E-state index in [1.807, 2.05) is 12.1 Å². The van der Waals surface area contributed by atoms with Crippen LogP contribution >= 0.6 is 15.9 Å². The molecule has 2 heterocycles. The molecule has 0 radical (unpaired) electrons. The Morgan fingerprint density at radius 3 is 2.54 bits per heavy atom. The maximum atomic E-state index is 12.1. The molecule has 35 heavy (non-hydrogen) atoms. The lowest BCUT2D eigenvalue weighted by Gasteiger charge is -2.35. The summed E-state index contributed by atoms with van der Waals surface area (Å²) < 4.78 is 6.87. The largest absolute Gasteiger partial charge is 0.494 e. The maximum Gasteiger partial charge on any atom is 0.248 e. The third kappa shape index (κ3) is 6.61. The summed E-state index contributed by atoms with van der Waals surface area (Å²) in [6.45, 7) is 3.10. The van der Waals surface area contributed by atoms with Crippen molar-refractivity contribution in [3.05, 3.63) is 58.1 Å². The average Bonchev–Trinajstić information content (AvgIpc) is 2.85. The highest BCUT2D eigenvalue weighted by Gasteiger charge is 2.27. The fourth-order valence-electron chi connectivity index (χ4n) is 4.65. The van der Waals surface area contributed by atoms with Gasteiger partial charge < -0.3 is 20.7 Å². The zero-order chi connectivity index (χ0) is 24.8. The number of benzene rings is 2. The molecule has 2 aliphatic rings. The van der Waals surface area contributed by atoms with Gasteiger partial charge in [-0.15, -0.1) is 0 Å². The van der Waals surface area contributed by atoms with E-state index in [9.17, 15) is 14.4 Å². The number of nitrogens with two attached hydrogens (primary N) is 1. The number of rotatable bonds is 9. The first kappa shape index (κ1) is 25.2. The van der Waals surface area contributed by atoms with Crippen LogP contribution in [0.3, 0.4) is 0 Å². The minimum absolute atomic E-state index is 0.205. The van der Waals surface area contributed by atoms with E-state index < -0.39 is 5.91 Å². The number of hydrogen-bond acceptors (Lipinski definition) is 6. The summed E-state index contributed by atoms with van der Waals surface area (Å²) >= 11 is 3.68. The number of anilines is 1. The van der Waals surface area contributed by atoms with Gasteiger partial charge in [0.05, 0.1) is 12.6 Å². The topological polar surface area (TPSA) is 114 Å². The van der Waals surface area contributed by atoms with E-state index in [1.165, 1.54) is 5.69 Å². The van der Waals surface area contributed by atoms with Crippen LogP contribution in [-0.4, -0.2) is 43.5 Å². The summed E-state index contributed by atoms with van der Waals surface area (Å²) in [5.74, 6) is 0.442. The molecule has 2 aromatic carbocycles. The summed E-state index contributed by atoms with van der Waals surface area (Å²) in [6, 6.07) is 12.8. The molecule has 0 spiro atoms. The smallest absolute Gasteiger partial charge is 0.248 e. The summed E-state index contributed by atoms with van der Waals surface area (Å²) in [6.07, 6.45) is 4.02. The van der Waals surface area contributed by atoms with E-state index >= 15 is 0 Å². The van der Waals surface area contributed by atoms with E-state index in [0.717, 1.165) is 48.1 Å². The molecule has 2 aliphatic heterocycles. The number of primary amides is 1. The standard InChI is InChI=1S/C26H31BrN4O4/c27-21-2-1-3-23(20(21)16-29-22-8-9-24(32)30-26(22)34)31-13-10-17(11-14-31)12-15-35-19-6-4-18(5-7-19)25(28)33/h1-7,17,22,29H,8-16H2,(H2,28,33)(H,30,32,34). The lowest BCUT2D eigenvalue weighted by molar-refractivity contribution is -0.134. The Balaban J connectivity index is 1.27. The monoisotopic (exact) mass is 542 g/mol. The molecular weight excluding hydrogens is 512 g/mol. The van der Waals surface area contributed by atoms with Gasteiger partial charge in [-0.25, -0.2) is 0 Å². The molecule has 0 aliphatic carbocycles. The molecule has 0 bridgehead atoms. The van der Waals surface area contributed by atoms with Crippen molar-refractivity contribution in [2.75, 3.05) is 24.6 Å². The van der Waals surface area contributed by atoms with Gasteiger partial charge in [-0.2, -0.15) is 0 Å². The molecule has 1 unspecified atom stereocenters. The van der Waals surface area contributed by atoms with Gasteiger partial charge in [0.2, 0.25) is 17.7 Å². The van der Waals surface area contributed by atoms with Crippen LogP contribution in [-0.2, 0) is 16.1 Å². The number of ether oxygens (including phenoxy) is 1. The summed E-state index contributed by atoms with van der Waals surface area (Å²) in [7, 11) is 0. The van der Waals surface area contributed by atoms with Crippen molar-refractivity contribution in [3.8, 4) is 5.75 Å². The lowest BCUT2D eigenvalue weighted by Crippen LogP contribution is -2.50. The fraction of sp³-hybridized carbons (Fsp3) is 0.423. The van der Waals surface area contributed by atoms with Crippen molar-refractivity contribution in [3.63, 3.8) is 0 Å². The Kier molecular flexibility index (Phi) is 8.41. The van der Waals surface area contributed by atoms with Crippen LogP contribution in [0.5, 0.6) is 5.75 Å². The second-order valence-corrected chi connectivity index (χ2v) is 9.93. The minimum Gasteiger partial charge on any atom is -0.494 e. The number of halogens is 1. The third-order valence-corrected chi connectivity index (χ3v) is 7.49. The molecule has 9 heteroatoms. The van der Waals surface area contributed by atoms with Gasteiger partial charge in [0.15, 0.2) is 0 Å². The Morgan fingerprint density at radius 1 is 1.11 bits per heavy atom. The number of nitrogens with zero attached hydrogens (tertiary/aromatic N) is 1. The number of nitrogens with one attached hydrogen (secondary N) is 2. The first-order valence-corrected chi connectivity index (χ1v) is 12.8. The number of carbonyl (C=O) groups excluding carboxylic acids is 3. The van der Waals surface area contributed by atoms with Crippen molar-refractivity contribution >= 4 is 39.3 Å². The summed E-state index contributed by atoms with van der Waals surface area (Å²) in [5.41, 5.74) is 8.05. The number of carbonyl (C=O) groups is 3. The van der Waals surface area contributed by atoms with Crippen molar-refractivity contribution in [1.29, 1.82) is 0 Å². The normalized spacial score (nSPS) is 18.9. The number of piperidine rings is 2. The van der Waals surface area contributed by atoms with Crippen LogP contribution in [0, 0.1) is 5.92 Å². The van der Waals surface area contributed by atoms with Crippen LogP contribution in [0.25, 0.3) is 0 Å². The van der Waals surface area contributed by atoms with Gasteiger partial charge in [-0.3, -0.25) is 19.7 Å². The molecule has 2 saturated heterocycles. The first-order chi connectivity index (χ1) is 16.9. The molecule has 1 atom stereocenters. The second-order valence-electron chi connectivity index (χ2n) is 9.08. The molecule has 4 N–H and O–H groups in total. The van der Waals surface area contributed by atoms with Crippen LogP contribution in [0.2, 0.25) is 0 Å². The van der Waals surface area contributed by atoms with E-state index in [-0.39, 0.29) is 17.9 Å². The minimum atomic E-state index is -0.441. The van der Waals surface area contributed by atoms with E-state index in [4.69, 9.17) is 10.5 Å². The molecule has 0 saturated carbocycles. The second kappa shape index (κ2) is 11.7. The molecule has 3 amide bonds. The highest BCUT2D eigenvalue weighted by Crippen LogP contribution is 2.32. The average molecular weight is 543 g/mol. The van der Waals surface area contributed by atoms with Crippen molar-refractivity contribution in [2.45, 2.75) is 44.7 Å². The number of imide groups is 1. The Hall–Kier alpha value is -2.91. The predicted octanol–water partition coefficient (Wildman–Crippen LogP) is 3.13. The van der Waals surface area contributed by atoms with Gasteiger partial charge in [-0.1, -0.05) is 22.0 Å². The van der Waals surface area contributed by atoms with Gasteiger partial charge >= 0.3 is 0 Å². The fourth-order valence-corrected chi connectivity index (χ4v) is 5.15. The van der Waals surface area contributed by atoms with Gasteiger partial charge in [0.25, 0.3) is 0 Å². The zero-order valence-corrected chi connectivity index (χ0v) is 21.2. The van der Waals surface area contributed by atoms with Crippen molar-refractivity contribution < 1.29 is 19.1 Å². The van der Waals surface area contributed by atoms with Crippen LogP contribution in [0.4, 0.5) is 5.69 Å². The van der Waals surface area contributed by atoms with Crippen molar-refractivity contribution in [2.24, 2.45) is 11.7 Å². The molecule has 8 nitrogen and oxygen atoms in total. The predicted molar refractivity (Wildman–Crippen MR) is 137 cm³/mol. The molecule has 0 aromatic heterocycles. The summed E-state index contributed by atoms with van der Waals surface area (Å²) in [5, 5.41) is 5.73. The van der Waals surface area contributed by atoms with Gasteiger partial charge in [-0.05, 0) is 68.0 Å². The molecule has 186 valence electrons. The Bertz CT molecular complexity index is 1070. The van der Waals surface area contributed by atoms with Crippen LogP contribution < -0.4 is 26.0 Å². The van der Waals surface area contributed by atoms with E-state index in [2.05, 4.69) is 37.5 Å². The Morgan fingerprint density at radius 2 is 1.86 bits per heavy atom. The number of hydrogen-bond donors (Lipinski definition) is 3. The molecule has 2 fully saturated rings. The molecular formula is C26H31BrN4O4. The third-order valence-electron chi connectivity index (χ3n) is 6.75. The van der Waals surface area contributed by atoms with Crippen LogP contribution in [0.15, 0.2) is 46.9 Å². The van der Waals surface area contributed by atoms with Gasteiger partial charge in [0, 0.05) is 47.3 Å². The maximum absolute atomic E-state index is 12.1.